The summed E-state index contributed by atoms with van der Waals surface area (Å²) in [7, 11) is 0. The average Bonchev–Trinajstić information content (AvgIpc) is 2.84. The van der Waals surface area contributed by atoms with Crippen LogP contribution >= 0.6 is 24.0 Å². The minimum Gasteiger partial charge on any atom is -0.545 e. The van der Waals surface area contributed by atoms with Crippen LogP contribution in [0, 0.1) is 0 Å². The van der Waals surface area contributed by atoms with Crippen LogP contribution in [-0.4, -0.2) is 21.1 Å². The fourth-order valence-corrected chi connectivity index (χ4v) is 3.52. The van der Waals surface area contributed by atoms with Crippen molar-refractivity contribution in [3.05, 3.63) is 76.2 Å². The number of thiocarbonyl (C=S) groups is 1. The quantitative estimate of drug-likeness (QED) is 0.623. The lowest BCUT2D eigenvalue weighted by atomic mass is 10.1. The number of amides is 1. The molecule has 1 saturated heterocycles. The highest BCUT2D eigenvalue weighted by atomic mass is 32.2. The molecule has 0 unspecified atom stereocenters. The second kappa shape index (κ2) is 6.98. The van der Waals surface area contributed by atoms with Crippen LogP contribution in [0.2, 0.25) is 0 Å². The molecule has 2 aromatic carbocycles. The van der Waals surface area contributed by atoms with Gasteiger partial charge >= 0.3 is 0 Å². The van der Waals surface area contributed by atoms with Crippen molar-refractivity contribution in [2.45, 2.75) is 6.54 Å². The maximum atomic E-state index is 12.5. The first kappa shape index (κ1) is 16.4. The van der Waals surface area contributed by atoms with Crippen molar-refractivity contribution in [1.29, 1.82) is 0 Å². The summed E-state index contributed by atoms with van der Waals surface area (Å²) in [4.78, 5) is 25.4. The summed E-state index contributed by atoms with van der Waals surface area (Å²) in [5, 5.41) is 10.8. The third-order valence-corrected chi connectivity index (χ3v) is 4.88. The first-order valence-electron chi connectivity index (χ1n) is 7.15. The maximum absolute atomic E-state index is 12.5. The Hall–Kier alpha value is -2.44. The molecule has 1 aliphatic rings. The lowest BCUT2D eigenvalue weighted by Crippen LogP contribution is -2.27. The summed E-state index contributed by atoms with van der Waals surface area (Å²) in [5.41, 5.74) is 1.84. The van der Waals surface area contributed by atoms with Crippen molar-refractivity contribution in [1.82, 2.24) is 4.90 Å². The SMILES string of the molecule is O=C([O-])c1ccc(/C=C2/SC(=S)N(Cc3ccccc3)C2=O)cc1. The number of hydrogen-bond donors (Lipinski definition) is 0. The number of benzene rings is 2. The van der Waals surface area contributed by atoms with Gasteiger partial charge in [0.1, 0.15) is 4.32 Å². The number of nitrogens with zero attached hydrogens (tertiary/aromatic N) is 1. The summed E-state index contributed by atoms with van der Waals surface area (Å²) < 4.78 is 0.515. The van der Waals surface area contributed by atoms with E-state index in [1.807, 2.05) is 30.3 Å². The standard InChI is InChI=1S/C18H13NO3S2/c20-16-15(10-12-6-8-14(9-7-12)17(21)22)24-18(23)19(16)11-13-4-2-1-3-5-13/h1-10H,11H2,(H,21,22)/p-1/b15-10+. The van der Waals surface area contributed by atoms with Gasteiger partial charge in [0.25, 0.3) is 5.91 Å². The molecule has 0 atom stereocenters. The van der Waals surface area contributed by atoms with E-state index in [2.05, 4.69) is 0 Å². The Bertz CT molecular complexity index is 829. The van der Waals surface area contributed by atoms with Crippen LogP contribution < -0.4 is 5.11 Å². The predicted octanol–water partition coefficient (Wildman–Crippen LogP) is 2.45. The Morgan fingerprint density at radius 3 is 2.42 bits per heavy atom. The summed E-state index contributed by atoms with van der Waals surface area (Å²) in [6.07, 6.45) is 1.71. The molecule has 1 aliphatic heterocycles. The molecule has 0 bridgehead atoms. The number of aromatic carboxylic acids is 1. The lowest BCUT2D eigenvalue weighted by Gasteiger charge is -2.14. The van der Waals surface area contributed by atoms with E-state index in [0.717, 1.165) is 11.1 Å². The van der Waals surface area contributed by atoms with E-state index in [1.54, 1.807) is 23.1 Å². The zero-order chi connectivity index (χ0) is 17.1. The molecule has 0 aliphatic carbocycles. The van der Waals surface area contributed by atoms with Crippen LogP contribution in [-0.2, 0) is 11.3 Å². The van der Waals surface area contributed by atoms with Crippen LogP contribution in [0.15, 0.2) is 59.5 Å². The summed E-state index contributed by atoms with van der Waals surface area (Å²) in [5.74, 6) is -1.37. The van der Waals surface area contributed by atoms with Crippen LogP contribution in [0.4, 0.5) is 0 Å². The minimum absolute atomic E-state index is 0.101. The van der Waals surface area contributed by atoms with E-state index in [-0.39, 0.29) is 11.5 Å². The Morgan fingerprint density at radius 1 is 1.12 bits per heavy atom. The van der Waals surface area contributed by atoms with Gasteiger partial charge in [-0.1, -0.05) is 78.6 Å². The van der Waals surface area contributed by atoms with E-state index in [9.17, 15) is 14.7 Å². The first-order chi connectivity index (χ1) is 11.5. The number of carbonyl (C=O) groups excluding carboxylic acids is 2. The molecule has 1 amide bonds. The molecule has 1 fully saturated rings. The predicted molar refractivity (Wildman–Crippen MR) is 95.9 cm³/mol. The van der Waals surface area contributed by atoms with E-state index in [0.29, 0.717) is 15.8 Å². The molecule has 3 rings (SSSR count). The van der Waals surface area contributed by atoms with Crippen molar-refractivity contribution < 1.29 is 14.7 Å². The van der Waals surface area contributed by atoms with Crippen LogP contribution in [0.3, 0.4) is 0 Å². The van der Waals surface area contributed by atoms with Crippen LogP contribution in [0.1, 0.15) is 21.5 Å². The van der Waals surface area contributed by atoms with Gasteiger partial charge in [0.2, 0.25) is 0 Å². The Kier molecular flexibility index (Phi) is 4.78. The van der Waals surface area contributed by atoms with E-state index < -0.39 is 5.97 Å². The summed E-state index contributed by atoms with van der Waals surface area (Å²) >= 11 is 6.55. The fraction of sp³-hybridized carbons (Fsp3) is 0.0556. The van der Waals surface area contributed by atoms with Crippen LogP contribution in [0.25, 0.3) is 6.08 Å². The minimum atomic E-state index is -1.23. The number of carbonyl (C=O) groups is 2. The number of thioether (sulfide) groups is 1. The largest absolute Gasteiger partial charge is 0.545 e. The summed E-state index contributed by atoms with van der Waals surface area (Å²) in [6.45, 7) is 0.437. The molecule has 24 heavy (non-hydrogen) atoms. The molecule has 0 radical (unpaired) electrons. The molecule has 2 aromatic rings. The Morgan fingerprint density at radius 2 is 1.79 bits per heavy atom. The van der Waals surface area contributed by atoms with Gasteiger partial charge in [-0.05, 0) is 22.8 Å². The Balaban J connectivity index is 1.79. The smallest absolute Gasteiger partial charge is 0.266 e. The number of hydrogen-bond acceptors (Lipinski definition) is 5. The van der Waals surface area contributed by atoms with Crippen molar-refractivity contribution in [2.75, 3.05) is 0 Å². The van der Waals surface area contributed by atoms with E-state index in [4.69, 9.17) is 12.2 Å². The topological polar surface area (TPSA) is 60.4 Å². The normalized spacial score (nSPS) is 16.0. The van der Waals surface area contributed by atoms with Gasteiger partial charge in [0.05, 0.1) is 17.4 Å². The van der Waals surface area contributed by atoms with E-state index in [1.165, 1.54) is 23.9 Å². The van der Waals surface area contributed by atoms with Crippen molar-refractivity contribution >= 4 is 46.3 Å². The highest BCUT2D eigenvalue weighted by Crippen LogP contribution is 2.33. The molecule has 6 heteroatoms. The summed E-state index contributed by atoms with van der Waals surface area (Å²) in [6, 6.07) is 15.8. The molecule has 0 spiro atoms. The monoisotopic (exact) mass is 354 g/mol. The maximum Gasteiger partial charge on any atom is 0.266 e. The molecule has 4 nitrogen and oxygen atoms in total. The third kappa shape index (κ3) is 3.55. The van der Waals surface area contributed by atoms with E-state index >= 15 is 0 Å². The van der Waals surface area contributed by atoms with Crippen molar-refractivity contribution in [3.8, 4) is 0 Å². The van der Waals surface area contributed by atoms with Gasteiger partial charge in [-0.25, -0.2) is 0 Å². The second-order valence-corrected chi connectivity index (χ2v) is 6.84. The third-order valence-electron chi connectivity index (χ3n) is 3.50. The molecule has 0 N–H and O–H groups in total. The number of carboxylic acid groups (broad SMARTS) is 1. The molecule has 0 saturated carbocycles. The van der Waals surface area contributed by atoms with Gasteiger partial charge in [-0.15, -0.1) is 0 Å². The molecule has 0 aromatic heterocycles. The fourth-order valence-electron chi connectivity index (χ4n) is 2.27. The molecule has 120 valence electrons. The zero-order valence-corrected chi connectivity index (χ0v) is 14.1. The van der Waals surface area contributed by atoms with Gasteiger partial charge in [-0.2, -0.15) is 0 Å². The van der Waals surface area contributed by atoms with Crippen molar-refractivity contribution in [3.63, 3.8) is 0 Å². The number of rotatable bonds is 4. The molecular formula is C18H12NO3S2-. The van der Waals surface area contributed by atoms with Gasteiger partial charge in [0.15, 0.2) is 0 Å². The molecular weight excluding hydrogens is 342 g/mol. The zero-order valence-electron chi connectivity index (χ0n) is 12.5. The highest BCUT2D eigenvalue weighted by Gasteiger charge is 2.31. The van der Waals surface area contributed by atoms with Crippen molar-refractivity contribution in [2.24, 2.45) is 0 Å². The van der Waals surface area contributed by atoms with Gasteiger partial charge in [-0.3, -0.25) is 9.69 Å². The lowest BCUT2D eigenvalue weighted by molar-refractivity contribution is -0.255. The van der Waals surface area contributed by atoms with Crippen LogP contribution in [0.5, 0.6) is 0 Å². The van der Waals surface area contributed by atoms with Gasteiger partial charge < -0.3 is 9.90 Å². The number of carboxylic acids is 1. The molecule has 1 heterocycles. The second-order valence-electron chi connectivity index (χ2n) is 5.16. The first-order valence-corrected chi connectivity index (χ1v) is 8.38. The van der Waals surface area contributed by atoms with Gasteiger partial charge in [0, 0.05) is 0 Å². The Labute approximate surface area is 148 Å². The highest BCUT2D eigenvalue weighted by molar-refractivity contribution is 8.26. The average molecular weight is 354 g/mol.